The van der Waals surface area contributed by atoms with Crippen molar-refractivity contribution in [3.8, 4) is 0 Å². The quantitative estimate of drug-likeness (QED) is 0.592. The smallest absolute Gasteiger partial charge is 0.246 e. The fraction of sp³-hybridized carbons (Fsp3) is 0.833. The highest BCUT2D eigenvalue weighted by atomic mass is 16.5. The fourth-order valence-corrected chi connectivity index (χ4v) is 0.717. The number of carbonyl (C=O) groups is 1. The van der Waals surface area contributed by atoms with E-state index in [1.165, 1.54) is 7.11 Å². The molecule has 2 N–H and O–H groups in total. The van der Waals surface area contributed by atoms with E-state index in [-0.39, 0.29) is 5.92 Å². The third-order valence-electron chi connectivity index (χ3n) is 1.14. The van der Waals surface area contributed by atoms with Gasteiger partial charge in [0.05, 0.1) is 0 Å². The zero-order valence-corrected chi connectivity index (χ0v) is 6.05. The first-order valence-corrected chi connectivity index (χ1v) is 2.91. The molecule has 0 saturated heterocycles. The van der Waals surface area contributed by atoms with Crippen molar-refractivity contribution in [2.24, 2.45) is 11.7 Å². The van der Waals surface area contributed by atoms with E-state index in [4.69, 9.17) is 10.5 Å². The number of rotatable bonds is 3. The number of amides is 1. The number of carbonyl (C=O) groups excluding carboxylic acids is 1. The topological polar surface area (TPSA) is 52.3 Å². The van der Waals surface area contributed by atoms with Gasteiger partial charge in [0.1, 0.15) is 6.10 Å². The fourth-order valence-electron chi connectivity index (χ4n) is 0.717. The first-order valence-electron chi connectivity index (χ1n) is 2.91. The summed E-state index contributed by atoms with van der Waals surface area (Å²) in [6.45, 7) is 3.78. The molecule has 54 valence electrons. The van der Waals surface area contributed by atoms with Gasteiger partial charge in [0.25, 0.3) is 0 Å². The minimum Gasteiger partial charge on any atom is -0.371 e. The number of nitrogens with two attached hydrogens (primary N) is 1. The molecular formula is C6H13NO2. The minimum atomic E-state index is -0.440. The van der Waals surface area contributed by atoms with Gasteiger partial charge in [-0.3, -0.25) is 4.79 Å². The molecule has 3 nitrogen and oxygen atoms in total. The van der Waals surface area contributed by atoms with Gasteiger partial charge in [0, 0.05) is 7.11 Å². The Hall–Kier alpha value is -0.570. The second kappa shape index (κ2) is 3.45. The molecule has 1 amide bonds. The van der Waals surface area contributed by atoms with Gasteiger partial charge >= 0.3 is 0 Å². The first-order chi connectivity index (χ1) is 4.09. The molecule has 0 fully saturated rings. The number of methoxy groups -OCH3 is 1. The largest absolute Gasteiger partial charge is 0.371 e. The molecule has 0 heterocycles. The molecule has 0 radical (unpaired) electrons. The van der Waals surface area contributed by atoms with Crippen LogP contribution in [0.25, 0.3) is 0 Å². The Bertz CT molecular complexity index is 101. The summed E-state index contributed by atoms with van der Waals surface area (Å²) in [5.74, 6) is -0.236. The van der Waals surface area contributed by atoms with Crippen molar-refractivity contribution in [2.75, 3.05) is 7.11 Å². The Morgan fingerprint density at radius 3 is 2.00 bits per heavy atom. The van der Waals surface area contributed by atoms with Gasteiger partial charge in [0.15, 0.2) is 0 Å². The maximum atomic E-state index is 10.5. The summed E-state index contributed by atoms with van der Waals surface area (Å²) in [6, 6.07) is 0. The van der Waals surface area contributed by atoms with Crippen LogP contribution >= 0.6 is 0 Å². The van der Waals surface area contributed by atoms with Crippen molar-refractivity contribution < 1.29 is 9.53 Å². The minimum absolute atomic E-state index is 0.160. The van der Waals surface area contributed by atoms with E-state index < -0.39 is 12.0 Å². The third kappa shape index (κ3) is 2.46. The molecule has 0 aliphatic rings. The molecule has 0 aromatic heterocycles. The van der Waals surface area contributed by atoms with Gasteiger partial charge in [-0.15, -0.1) is 0 Å². The lowest BCUT2D eigenvalue weighted by atomic mass is 10.1. The highest BCUT2D eigenvalue weighted by molar-refractivity contribution is 5.79. The third-order valence-corrected chi connectivity index (χ3v) is 1.14. The van der Waals surface area contributed by atoms with Gasteiger partial charge < -0.3 is 10.5 Å². The molecule has 0 bridgehead atoms. The Kier molecular flexibility index (Phi) is 3.24. The molecule has 0 aromatic carbocycles. The molecule has 3 heteroatoms. The van der Waals surface area contributed by atoms with Crippen LogP contribution in [-0.4, -0.2) is 19.1 Å². The number of hydrogen-bond acceptors (Lipinski definition) is 2. The highest BCUT2D eigenvalue weighted by Crippen LogP contribution is 2.03. The molecule has 9 heavy (non-hydrogen) atoms. The predicted octanol–water partition coefficient (Wildman–Crippen LogP) is 0.143. The Morgan fingerprint density at radius 1 is 1.56 bits per heavy atom. The zero-order valence-electron chi connectivity index (χ0n) is 6.05. The van der Waals surface area contributed by atoms with Crippen molar-refractivity contribution in [2.45, 2.75) is 20.0 Å². The second-order valence-electron chi connectivity index (χ2n) is 2.30. The zero-order chi connectivity index (χ0) is 7.44. The molecule has 0 aromatic rings. The van der Waals surface area contributed by atoms with E-state index in [9.17, 15) is 4.79 Å². The summed E-state index contributed by atoms with van der Waals surface area (Å²) in [5, 5.41) is 0. The van der Waals surface area contributed by atoms with E-state index in [1.54, 1.807) is 0 Å². The summed E-state index contributed by atoms with van der Waals surface area (Å²) < 4.78 is 4.80. The summed E-state index contributed by atoms with van der Waals surface area (Å²) >= 11 is 0. The second-order valence-corrected chi connectivity index (χ2v) is 2.30. The summed E-state index contributed by atoms with van der Waals surface area (Å²) in [7, 11) is 1.48. The monoisotopic (exact) mass is 131 g/mol. The lowest BCUT2D eigenvalue weighted by molar-refractivity contribution is -0.130. The number of hydrogen-bond donors (Lipinski definition) is 1. The lowest BCUT2D eigenvalue weighted by Gasteiger charge is -2.13. The molecule has 0 aliphatic carbocycles. The average Bonchev–Trinajstić information content (AvgIpc) is 1.64. The van der Waals surface area contributed by atoms with Crippen LogP contribution in [0.4, 0.5) is 0 Å². The predicted molar refractivity (Wildman–Crippen MR) is 34.8 cm³/mol. The van der Waals surface area contributed by atoms with Crippen molar-refractivity contribution in [3.63, 3.8) is 0 Å². The van der Waals surface area contributed by atoms with Crippen LogP contribution in [0.1, 0.15) is 13.8 Å². The summed E-state index contributed by atoms with van der Waals surface area (Å²) in [6.07, 6.45) is -0.440. The van der Waals surface area contributed by atoms with Crippen molar-refractivity contribution in [1.82, 2.24) is 0 Å². The van der Waals surface area contributed by atoms with Crippen LogP contribution in [0, 0.1) is 5.92 Å². The average molecular weight is 131 g/mol. The SMILES string of the molecule is COC(C(N)=O)C(C)C. The lowest BCUT2D eigenvalue weighted by Crippen LogP contribution is -2.34. The number of primary amides is 1. The van der Waals surface area contributed by atoms with Gasteiger partial charge in [0.2, 0.25) is 5.91 Å². The van der Waals surface area contributed by atoms with E-state index >= 15 is 0 Å². The van der Waals surface area contributed by atoms with Gasteiger partial charge in [-0.25, -0.2) is 0 Å². The van der Waals surface area contributed by atoms with E-state index in [2.05, 4.69) is 0 Å². The highest BCUT2D eigenvalue weighted by Gasteiger charge is 2.17. The van der Waals surface area contributed by atoms with Crippen molar-refractivity contribution in [1.29, 1.82) is 0 Å². The number of ether oxygens (including phenoxy) is 1. The summed E-state index contributed by atoms with van der Waals surface area (Å²) in [5.41, 5.74) is 4.98. The van der Waals surface area contributed by atoms with Crippen LogP contribution in [0.2, 0.25) is 0 Å². The van der Waals surface area contributed by atoms with Crippen molar-refractivity contribution in [3.05, 3.63) is 0 Å². The molecule has 0 spiro atoms. The van der Waals surface area contributed by atoms with E-state index in [0.29, 0.717) is 0 Å². The molecule has 1 atom stereocenters. The van der Waals surface area contributed by atoms with Gasteiger partial charge in [-0.1, -0.05) is 13.8 Å². The van der Waals surface area contributed by atoms with E-state index in [0.717, 1.165) is 0 Å². The Morgan fingerprint density at radius 2 is 2.00 bits per heavy atom. The van der Waals surface area contributed by atoms with E-state index in [1.807, 2.05) is 13.8 Å². The first kappa shape index (κ1) is 8.43. The molecule has 0 aliphatic heterocycles. The molecule has 1 unspecified atom stereocenters. The molecular weight excluding hydrogens is 118 g/mol. The van der Waals surface area contributed by atoms with Crippen LogP contribution in [0.15, 0.2) is 0 Å². The van der Waals surface area contributed by atoms with Crippen LogP contribution in [-0.2, 0) is 9.53 Å². The van der Waals surface area contributed by atoms with Crippen molar-refractivity contribution >= 4 is 5.91 Å². The Balaban J connectivity index is 3.83. The van der Waals surface area contributed by atoms with Crippen LogP contribution < -0.4 is 5.73 Å². The standard InChI is InChI=1S/C6H13NO2/c1-4(2)5(9-3)6(7)8/h4-5H,1-3H3,(H2,7,8). The Labute approximate surface area is 55.2 Å². The summed E-state index contributed by atoms with van der Waals surface area (Å²) in [4.78, 5) is 10.5. The van der Waals surface area contributed by atoms with Crippen LogP contribution in [0.5, 0.6) is 0 Å². The normalized spacial score (nSPS) is 13.8. The maximum Gasteiger partial charge on any atom is 0.246 e. The molecule has 0 rings (SSSR count). The van der Waals surface area contributed by atoms with Crippen LogP contribution in [0.3, 0.4) is 0 Å². The van der Waals surface area contributed by atoms with Gasteiger partial charge in [-0.05, 0) is 5.92 Å². The molecule has 0 saturated carbocycles. The van der Waals surface area contributed by atoms with Gasteiger partial charge in [-0.2, -0.15) is 0 Å². The maximum absolute atomic E-state index is 10.5.